The second-order valence-corrected chi connectivity index (χ2v) is 13.6. The van der Waals surface area contributed by atoms with E-state index in [1.807, 2.05) is 0 Å². The zero-order valence-electron chi connectivity index (χ0n) is 14.6. The molecule has 0 bridgehead atoms. The minimum Gasteiger partial charge on any atom is -1.00 e. The molecule has 125 valence electrons. The Kier molecular flexibility index (Phi) is 12.5. The van der Waals surface area contributed by atoms with E-state index >= 15 is 0 Å². The van der Waals surface area contributed by atoms with Crippen LogP contribution in [-0.2, 0) is 30.6 Å². The molecule has 2 rings (SSSR count). The molecule has 0 saturated heterocycles. The van der Waals surface area contributed by atoms with Gasteiger partial charge in [0.2, 0.25) is 8.32 Å². The van der Waals surface area contributed by atoms with Crippen LogP contribution in [0.4, 0.5) is 0 Å². The van der Waals surface area contributed by atoms with E-state index < -0.39 is 16.7 Å². The van der Waals surface area contributed by atoms with Crippen molar-refractivity contribution < 1.29 is 55.4 Å². The Balaban J connectivity index is 0. The molecule has 1 radical (unpaired) electrons. The monoisotopic (exact) mass is 461 g/mol. The molecule has 0 aromatic heterocycles. The first kappa shape index (κ1) is 25.8. The number of allylic oxidation sites excluding steroid dienone is 7. The first-order chi connectivity index (χ1) is 9.37. The Labute approximate surface area is 175 Å². The number of hydrogen-bond donors (Lipinski definition) is 0. The normalized spacial score (nSPS) is 15.4. The van der Waals surface area contributed by atoms with Crippen LogP contribution in [0.1, 0.15) is 19.3 Å². The number of halogens is 2. The van der Waals surface area contributed by atoms with Gasteiger partial charge >= 0.3 is 26.2 Å². The molecule has 0 atom stereocenters. The molecule has 0 saturated carbocycles. The van der Waals surface area contributed by atoms with Crippen LogP contribution < -0.4 is 24.8 Å². The summed E-state index contributed by atoms with van der Waals surface area (Å²) in [5.41, 5.74) is 4.22. The SMILES string of the molecule is C[Si](C)=C(CC1=[C-]CC=C1C1=CC=CC1)O[Si](C)(C)C.[Cl-].[Cl-].[Zr+3]. The molecule has 0 unspecified atom stereocenters. The van der Waals surface area contributed by atoms with Gasteiger partial charge in [-0.15, -0.1) is 12.0 Å². The fourth-order valence-electron chi connectivity index (χ4n) is 2.47. The van der Waals surface area contributed by atoms with Crippen molar-refractivity contribution >= 4 is 22.1 Å². The van der Waals surface area contributed by atoms with Crippen LogP contribution in [0.25, 0.3) is 0 Å². The van der Waals surface area contributed by atoms with Crippen molar-refractivity contribution in [1.29, 1.82) is 0 Å². The minimum absolute atomic E-state index is 0. The Hall–Kier alpha value is 0.527. The molecule has 0 heterocycles. The van der Waals surface area contributed by atoms with E-state index in [9.17, 15) is 0 Å². The summed E-state index contributed by atoms with van der Waals surface area (Å²) in [6, 6.07) is 0. The van der Waals surface area contributed by atoms with Crippen molar-refractivity contribution in [3.05, 3.63) is 47.1 Å². The maximum atomic E-state index is 6.35. The molecular formula is C17H25Cl2OSi2Zr. The van der Waals surface area contributed by atoms with E-state index in [1.165, 1.54) is 22.1 Å². The topological polar surface area (TPSA) is 9.23 Å². The molecule has 0 aromatic carbocycles. The van der Waals surface area contributed by atoms with E-state index in [4.69, 9.17) is 4.43 Å². The van der Waals surface area contributed by atoms with Crippen molar-refractivity contribution in [2.24, 2.45) is 0 Å². The van der Waals surface area contributed by atoms with Crippen molar-refractivity contribution in [3.8, 4) is 0 Å². The first-order valence-electron chi connectivity index (χ1n) is 7.38. The van der Waals surface area contributed by atoms with Gasteiger partial charge in [0.15, 0.2) is 0 Å². The van der Waals surface area contributed by atoms with Gasteiger partial charge in [-0.3, -0.25) is 6.08 Å². The van der Waals surface area contributed by atoms with Gasteiger partial charge in [0.25, 0.3) is 0 Å². The number of hydrogen-bond acceptors (Lipinski definition) is 1. The summed E-state index contributed by atoms with van der Waals surface area (Å²) in [6.07, 6.45) is 15.5. The van der Waals surface area contributed by atoms with Crippen LogP contribution in [0.3, 0.4) is 0 Å². The third kappa shape index (κ3) is 7.96. The molecule has 0 fully saturated rings. The van der Waals surface area contributed by atoms with Gasteiger partial charge in [0.05, 0.1) is 13.8 Å². The third-order valence-corrected chi connectivity index (χ3v) is 5.85. The van der Waals surface area contributed by atoms with Crippen LogP contribution in [0, 0.1) is 6.08 Å². The van der Waals surface area contributed by atoms with Gasteiger partial charge in [-0.1, -0.05) is 31.3 Å². The minimum atomic E-state index is -1.51. The standard InChI is InChI=1S/C17H25OSi2.2ClH.Zr/c1-19(2)17(18-20(3,4)5)13-15-11-8-12-16(15)14-9-6-7-10-14;;;/h6-7,9,12H,8,10,13H2,1-5H3;2*1H;/q-1;;;+3/p-2. The average molecular weight is 464 g/mol. The van der Waals surface area contributed by atoms with Gasteiger partial charge in [-0.2, -0.15) is 11.6 Å². The maximum Gasteiger partial charge on any atom is 3.00 e. The predicted octanol–water partition coefficient (Wildman–Crippen LogP) is -1.35. The van der Waals surface area contributed by atoms with Crippen molar-refractivity contribution in [2.45, 2.75) is 52.0 Å². The van der Waals surface area contributed by atoms with Crippen LogP contribution >= 0.6 is 0 Å². The molecule has 0 amide bonds. The van der Waals surface area contributed by atoms with Gasteiger partial charge < -0.3 is 29.2 Å². The first-order valence-corrected chi connectivity index (χ1v) is 13.3. The summed E-state index contributed by atoms with van der Waals surface area (Å²) in [6.45, 7) is 11.5. The van der Waals surface area contributed by atoms with E-state index in [0.717, 1.165) is 19.3 Å². The molecule has 2 aliphatic carbocycles. The van der Waals surface area contributed by atoms with Gasteiger partial charge in [-0.05, 0) is 32.5 Å². The molecule has 0 spiro atoms. The molecule has 0 aromatic rings. The fourth-order valence-corrected chi connectivity index (χ4v) is 5.55. The molecule has 0 aliphatic heterocycles. The summed E-state index contributed by atoms with van der Waals surface area (Å²) in [5.74, 6) is 0. The van der Waals surface area contributed by atoms with Gasteiger partial charge in [0, 0.05) is 0 Å². The summed E-state index contributed by atoms with van der Waals surface area (Å²) >= 11 is 0. The average Bonchev–Trinajstić information content (AvgIpc) is 2.94. The van der Waals surface area contributed by atoms with E-state index in [0.29, 0.717) is 0 Å². The molecule has 1 nitrogen and oxygen atoms in total. The molecule has 23 heavy (non-hydrogen) atoms. The van der Waals surface area contributed by atoms with E-state index in [-0.39, 0.29) is 51.0 Å². The quantitative estimate of drug-likeness (QED) is 0.362. The smallest absolute Gasteiger partial charge is 1.00 e. The van der Waals surface area contributed by atoms with E-state index in [1.54, 1.807) is 0 Å². The van der Waals surface area contributed by atoms with Crippen molar-refractivity contribution in [2.75, 3.05) is 0 Å². The van der Waals surface area contributed by atoms with Crippen LogP contribution in [0.2, 0.25) is 32.7 Å². The second kappa shape index (κ2) is 11.2. The zero-order chi connectivity index (χ0) is 14.8. The molecular weight excluding hydrogens is 438 g/mol. The third-order valence-electron chi connectivity index (χ3n) is 3.39. The Morgan fingerprint density at radius 2 is 1.91 bits per heavy atom. The summed E-state index contributed by atoms with van der Waals surface area (Å²) in [4.78, 5) is 0. The molecule has 0 N–H and O–H groups in total. The van der Waals surface area contributed by atoms with Crippen molar-refractivity contribution in [1.82, 2.24) is 0 Å². The largest absolute Gasteiger partial charge is 3.00 e. The van der Waals surface area contributed by atoms with Gasteiger partial charge in [-0.25, -0.2) is 5.57 Å². The van der Waals surface area contributed by atoms with Crippen LogP contribution in [0.15, 0.2) is 41.0 Å². The predicted molar refractivity (Wildman–Crippen MR) is 92.8 cm³/mol. The van der Waals surface area contributed by atoms with Crippen LogP contribution in [-0.4, -0.2) is 22.1 Å². The second-order valence-electron chi connectivity index (χ2n) is 6.62. The zero-order valence-corrected chi connectivity index (χ0v) is 20.6. The Morgan fingerprint density at radius 3 is 2.39 bits per heavy atom. The Bertz CT molecular complexity index is 551. The van der Waals surface area contributed by atoms with Gasteiger partial charge in [0.1, 0.15) is 0 Å². The maximum absolute atomic E-state index is 6.35. The van der Waals surface area contributed by atoms with Crippen LogP contribution in [0.5, 0.6) is 0 Å². The Morgan fingerprint density at radius 1 is 1.26 bits per heavy atom. The summed E-state index contributed by atoms with van der Waals surface area (Å²) < 4.78 is 6.35. The van der Waals surface area contributed by atoms with Crippen molar-refractivity contribution in [3.63, 3.8) is 0 Å². The summed E-state index contributed by atoms with van der Waals surface area (Å²) in [7, 11) is -2.04. The number of rotatable bonds is 5. The molecule has 6 heteroatoms. The molecule has 2 aliphatic rings. The fraction of sp³-hybridized carbons (Fsp3) is 0.471. The summed E-state index contributed by atoms with van der Waals surface area (Å²) in [5, 5.41) is 1.33. The van der Waals surface area contributed by atoms with E-state index in [2.05, 4.69) is 63.1 Å².